The molecule has 132 valence electrons. The largest absolute Gasteiger partial charge is 0.478 e. The third-order valence-corrected chi connectivity index (χ3v) is 5.16. The van der Waals surface area contributed by atoms with Crippen LogP contribution in [0.2, 0.25) is 0 Å². The highest BCUT2D eigenvalue weighted by atomic mass is 16.5. The predicted molar refractivity (Wildman–Crippen MR) is 93.3 cm³/mol. The second-order valence-corrected chi connectivity index (χ2v) is 7.18. The Hall–Kier alpha value is -1.43. The van der Waals surface area contributed by atoms with Crippen molar-refractivity contribution in [1.82, 2.24) is 9.80 Å². The van der Waals surface area contributed by atoms with Gasteiger partial charge >= 0.3 is 5.97 Å². The Labute approximate surface area is 144 Å². The Balaban J connectivity index is 1.55. The molecule has 2 fully saturated rings. The Morgan fingerprint density at radius 1 is 1.17 bits per heavy atom. The zero-order valence-electron chi connectivity index (χ0n) is 14.6. The van der Waals surface area contributed by atoms with E-state index in [1.807, 2.05) is 12.1 Å². The van der Waals surface area contributed by atoms with Gasteiger partial charge in [0.25, 0.3) is 0 Å². The minimum atomic E-state index is -0.836. The first-order valence-corrected chi connectivity index (χ1v) is 8.96. The quantitative estimate of drug-likeness (QED) is 0.918. The van der Waals surface area contributed by atoms with Crippen molar-refractivity contribution in [3.05, 3.63) is 35.4 Å². The fraction of sp³-hybridized carbons (Fsp3) is 0.632. The molecule has 0 spiro atoms. The maximum atomic E-state index is 11.3. The van der Waals surface area contributed by atoms with Gasteiger partial charge in [-0.1, -0.05) is 18.2 Å². The highest BCUT2D eigenvalue weighted by Gasteiger charge is 2.30. The van der Waals surface area contributed by atoms with E-state index < -0.39 is 5.97 Å². The number of likely N-dealkylation sites (tertiary alicyclic amines) is 1. The number of carboxylic acid groups (broad SMARTS) is 1. The van der Waals surface area contributed by atoms with Crippen molar-refractivity contribution >= 4 is 5.97 Å². The lowest BCUT2D eigenvalue weighted by Crippen LogP contribution is -2.53. The summed E-state index contributed by atoms with van der Waals surface area (Å²) in [7, 11) is 0. The number of aromatic carboxylic acids is 1. The number of morpholine rings is 1. The SMILES string of the molecule is C[C@@H]1CN(C2CCN(Cc3ccccc3C(=O)O)CC2)C[C@H](C)O1. The van der Waals surface area contributed by atoms with Crippen LogP contribution in [0.3, 0.4) is 0 Å². The van der Waals surface area contributed by atoms with Crippen molar-refractivity contribution in [3.63, 3.8) is 0 Å². The van der Waals surface area contributed by atoms with Gasteiger partial charge < -0.3 is 9.84 Å². The van der Waals surface area contributed by atoms with Gasteiger partial charge in [0.15, 0.2) is 0 Å². The maximum Gasteiger partial charge on any atom is 0.336 e. The maximum absolute atomic E-state index is 11.3. The third kappa shape index (κ3) is 4.15. The number of carboxylic acids is 1. The summed E-state index contributed by atoms with van der Waals surface area (Å²) in [5.41, 5.74) is 1.34. The van der Waals surface area contributed by atoms with E-state index in [1.165, 1.54) is 0 Å². The molecule has 2 saturated heterocycles. The molecule has 2 heterocycles. The Morgan fingerprint density at radius 3 is 2.42 bits per heavy atom. The van der Waals surface area contributed by atoms with Gasteiger partial charge in [-0.3, -0.25) is 9.80 Å². The minimum absolute atomic E-state index is 0.314. The summed E-state index contributed by atoms with van der Waals surface area (Å²) in [6, 6.07) is 7.97. The molecule has 5 heteroatoms. The predicted octanol–water partition coefficient (Wildman–Crippen LogP) is 2.46. The molecule has 0 amide bonds. The van der Waals surface area contributed by atoms with Crippen molar-refractivity contribution in [2.75, 3.05) is 26.2 Å². The van der Waals surface area contributed by atoms with Crippen molar-refractivity contribution < 1.29 is 14.6 Å². The molecule has 2 aliphatic rings. The number of hydrogen-bond donors (Lipinski definition) is 1. The number of nitrogens with zero attached hydrogens (tertiary/aromatic N) is 2. The molecular formula is C19H28N2O3. The van der Waals surface area contributed by atoms with Crippen LogP contribution in [0.25, 0.3) is 0 Å². The molecular weight excluding hydrogens is 304 g/mol. The Morgan fingerprint density at radius 2 is 1.79 bits per heavy atom. The van der Waals surface area contributed by atoms with E-state index in [0.29, 0.717) is 23.8 Å². The summed E-state index contributed by atoms with van der Waals surface area (Å²) >= 11 is 0. The summed E-state index contributed by atoms with van der Waals surface area (Å²) in [5, 5.41) is 9.32. The molecule has 0 aromatic heterocycles. The number of piperidine rings is 1. The van der Waals surface area contributed by atoms with Gasteiger partial charge in [0, 0.05) is 25.7 Å². The minimum Gasteiger partial charge on any atom is -0.478 e. The molecule has 2 atom stereocenters. The van der Waals surface area contributed by atoms with E-state index >= 15 is 0 Å². The van der Waals surface area contributed by atoms with Gasteiger partial charge in [0.2, 0.25) is 0 Å². The lowest BCUT2D eigenvalue weighted by Gasteiger charge is -2.43. The Bertz CT molecular complexity index is 559. The first-order valence-electron chi connectivity index (χ1n) is 8.96. The second-order valence-electron chi connectivity index (χ2n) is 7.18. The highest BCUT2D eigenvalue weighted by Crippen LogP contribution is 2.23. The van der Waals surface area contributed by atoms with Gasteiger partial charge in [0.1, 0.15) is 0 Å². The lowest BCUT2D eigenvalue weighted by atomic mass is 10.00. The van der Waals surface area contributed by atoms with Gasteiger partial charge in [-0.2, -0.15) is 0 Å². The average Bonchev–Trinajstić information content (AvgIpc) is 2.55. The number of hydrogen-bond acceptors (Lipinski definition) is 4. The van der Waals surface area contributed by atoms with Gasteiger partial charge in [-0.25, -0.2) is 4.79 Å². The summed E-state index contributed by atoms with van der Waals surface area (Å²) in [5.74, 6) is -0.836. The molecule has 24 heavy (non-hydrogen) atoms. The molecule has 0 unspecified atom stereocenters. The fourth-order valence-corrected chi connectivity index (χ4v) is 4.07. The number of rotatable bonds is 4. The van der Waals surface area contributed by atoms with Crippen LogP contribution in [0.5, 0.6) is 0 Å². The van der Waals surface area contributed by atoms with E-state index in [-0.39, 0.29) is 0 Å². The monoisotopic (exact) mass is 332 g/mol. The van der Waals surface area contributed by atoms with Crippen molar-refractivity contribution in [3.8, 4) is 0 Å². The van der Waals surface area contributed by atoms with Crippen molar-refractivity contribution in [2.24, 2.45) is 0 Å². The van der Waals surface area contributed by atoms with Gasteiger partial charge in [-0.15, -0.1) is 0 Å². The van der Waals surface area contributed by atoms with E-state index in [2.05, 4.69) is 23.6 Å². The Kier molecular flexibility index (Phi) is 5.54. The van der Waals surface area contributed by atoms with E-state index in [4.69, 9.17) is 4.74 Å². The zero-order chi connectivity index (χ0) is 17.1. The van der Waals surface area contributed by atoms with Crippen LogP contribution in [0.4, 0.5) is 0 Å². The molecule has 0 bridgehead atoms. The number of benzene rings is 1. The molecule has 2 aliphatic heterocycles. The molecule has 1 aromatic carbocycles. The van der Waals surface area contributed by atoms with E-state index in [0.717, 1.165) is 51.1 Å². The molecule has 1 aromatic rings. The first kappa shape index (κ1) is 17.4. The highest BCUT2D eigenvalue weighted by molar-refractivity contribution is 5.89. The van der Waals surface area contributed by atoms with Crippen LogP contribution in [0.1, 0.15) is 42.6 Å². The standard InChI is InChI=1S/C19H28N2O3/c1-14-11-21(12-15(2)24-14)17-7-9-20(10-8-17)13-16-5-3-4-6-18(16)19(22)23/h3-6,14-15,17H,7-13H2,1-2H3,(H,22,23)/t14-,15+. The van der Waals surface area contributed by atoms with Crippen LogP contribution in [0, 0.1) is 0 Å². The van der Waals surface area contributed by atoms with Gasteiger partial charge in [-0.05, 0) is 51.4 Å². The van der Waals surface area contributed by atoms with Crippen LogP contribution in [-0.4, -0.2) is 65.3 Å². The zero-order valence-corrected chi connectivity index (χ0v) is 14.6. The summed E-state index contributed by atoms with van der Waals surface area (Å²) in [6.45, 7) is 9.14. The second kappa shape index (κ2) is 7.64. The molecule has 5 nitrogen and oxygen atoms in total. The van der Waals surface area contributed by atoms with Crippen molar-refractivity contribution in [2.45, 2.75) is 51.5 Å². The van der Waals surface area contributed by atoms with Crippen LogP contribution in [0.15, 0.2) is 24.3 Å². The van der Waals surface area contributed by atoms with Crippen LogP contribution < -0.4 is 0 Å². The molecule has 0 aliphatic carbocycles. The average molecular weight is 332 g/mol. The van der Waals surface area contributed by atoms with Gasteiger partial charge in [0.05, 0.1) is 17.8 Å². The van der Waals surface area contributed by atoms with Crippen LogP contribution in [-0.2, 0) is 11.3 Å². The lowest BCUT2D eigenvalue weighted by molar-refractivity contribution is -0.0865. The smallest absolute Gasteiger partial charge is 0.336 e. The molecule has 0 radical (unpaired) electrons. The van der Waals surface area contributed by atoms with Crippen LogP contribution >= 0.6 is 0 Å². The summed E-state index contributed by atoms with van der Waals surface area (Å²) < 4.78 is 5.84. The summed E-state index contributed by atoms with van der Waals surface area (Å²) in [4.78, 5) is 16.3. The molecule has 0 saturated carbocycles. The van der Waals surface area contributed by atoms with E-state index in [1.54, 1.807) is 12.1 Å². The number of ether oxygens (including phenoxy) is 1. The third-order valence-electron chi connectivity index (χ3n) is 5.16. The molecule has 3 rings (SSSR count). The normalized spacial score (nSPS) is 27.2. The first-order chi connectivity index (χ1) is 11.5. The fourth-order valence-electron chi connectivity index (χ4n) is 4.07. The summed E-state index contributed by atoms with van der Waals surface area (Å²) in [6.07, 6.45) is 2.92. The molecule has 1 N–H and O–H groups in total. The number of carbonyl (C=O) groups is 1. The van der Waals surface area contributed by atoms with E-state index in [9.17, 15) is 9.90 Å². The van der Waals surface area contributed by atoms with Crippen molar-refractivity contribution in [1.29, 1.82) is 0 Å². The topological polar surface area (TPSA) is 53.0 Å².